The van der Waals surface area contributed by atoms with Gasteiger partial charge in [0.1, 0.15) is 0 Å². The predicted molar refractivity (Wildman–Crippen MR) is 106 cm³/mol. The number of hydrogen-bond acceptors (Lipinski definition) is 5. The van der Waals surface area contributed by atoms with Crippen molar-refractivity contribution in [3.05, 3.63) is 53.1 Å². The average Bonchev–Trinajstić information content (AvgIpc) is 3.13. The fraction of sp³-hybridized carbons (Fsp3) is 0.364. The van der Waals surface area contributed by atoms with Crippen molar-refractivity contribution >= 4 is 17.6 Å². The minimum Gasteiger partial charge on any atom is -0.493 e. The topological polar surface area (TPSA) is 73.9 Å². The van der Waals surface area contributed by atoms with Crippen LogP contribution in [0.1, 0.15) is 41.8 Å². The number of nitrogens with one attached hydrogen (secondary N) is 1. The van der Waals surface area contributed by atoms with Crippen molar-refractivity contribution in [3.63, 3.8) is 0 Å². The van der Waals surface area contributed by atoms with Crippen LogP contribution in [-0.4, -0.2) is 31.7 Å². The Hall–Kier alpha value is -3.02. The summed E-state index contributed by atoms with van der Waals surface area (Å²) in [5.74, 6) is 0.00525. The number of esters is 1. The first-order valence-electron chi connectivity index (χ1n) is 9.39. The molecule has 0 bridgehead atoms. The molecule has 0 atom stereocenters. The summed E-state index contributed by atoms with van der Waals surface area (Å²) in [6.07, 6.45) is 3.25. The van der Waals surface area contributed by atoms with Crippen molar-refractivity contribution in [1.82, 2.24) is 0 Å². The van der Waals surface area contributed by atoms with E-state index in [9.17, 15) is 9.59 Å². The molecule has 0 aromatic heterocycles. The van der Waals surface area contributed by atoms with Gasteiger partial charge in [-0.1, -0.05) is 6.07 Å². The summed E-state index contributed by atoms with van der Waals surface area (Å²) < 4.78 is 16.0. The minimum atomic E-state index is -0.599. The van der Waals surface area contributed by atoms with Crippen LogP contribution < -0.4 is 14.8 Å². The van der Waals surface area contributed by atoms with Gasteiger partial charge in [-0.3, -0.25) is 4.79 Å². The summed E-state index contributed by atoms with van der Waals surface area (Å²) in [5, 5.41) is 2.77. The molecular weight excluding hydrogens is 358 g/mol. The zero-order valence-corrected chi connectivity index (χ0v) is 16.4. The van der Waals surface area contributed by atoms with Crippen LogP contribution in [0.25, 0.3) is 0 Å². The molecule has 28 heavy (non-hydrogen) atoms. The summed E-state index contributed by atoms with van der Waals surface area (Å²) in [6.45, 7) is 3.45. The SMILES string of the molecule is COc1cc(C(=O)OCC(=O)Nc2ccc3c(c2)CCC3)ccc1OC(C)C. The Morgan fingerprint density at radius 3 is 2.57 bits per heavy atom. The van der Waals surface area contributed by atoms with Crippen LogP contribution in [-0.2, 0) is 22.4 Å². The van der Waals surface area contributed by atoms with Gasteiger partial charge in [-0.05, 0) is 74.6 Å². The van der Waals surface area contributed by atoms with Gasteiger partial charge in [-0.15, -0.1) is 0 Å². The number of carbonyl (C=O) groups is 2. The summed E-state index contributed by atoms with van der Waals surface area (Å²) >= 11 is 0. The Bertz CT molecular complexity index is 875. The quantitative estimate of drug-likeness (QED) is 0.737. The van der Waals surface area contributed by atoms with Crippen LogP contribution in [0.15, 0.2) is 36.4 Å². The number of methoxy groups -OCH3 is 1. The van der Waals surface area contributed by atoms with E-state index in [0.29, 0.717) is 17.1 Å². The normalized spacial score (nSPS) is 12.4. The molecule has 6 nitrogen and oxygen atoms in total. The molecule has 0 heterocycles. The van der Waals surface area contributed by atoms with Crippen molar-refractivity contribution in [2.45, 2.75) is 39.2 Å². The first-order valence-corrected chi connectivity index (χ1v) is 9.39. The Kier molecular flexibility index (Phi) is 6.19. The fourth-order valence-corrected chi connectivity index (χ4v) is 3.21. The molecule has 0 fully saturated rings. The third-order valence-corrected chi connectivity index (χ3v) is 4.48. The molecule has 1 amide bonds. The molecule has 0 saturated carbocycles. The van der Waals surface area contributed by atoms with Crippen molar-refractivity contribution in [3.8, 4) is 11.5 Å². The summed E-state index contributed by atoms with van der Waals surface area (Å²) in [5.41, 5.74) is 3.62. The molecule has 1 aliphatic rings. The molecule has 148 valence electrons. The third-order valence-electron chi connectivity index (χ3n) is 4.48. The lowest BCUT2D eigenvalue weighted by Crippen LogP contribution is -2.21. The van der Waals surface area contributed by atoms with E-state index in [1.807, 2.05) is 32.0 Å². The van der Waals surface area contributed by atoms with E-state index in [2.05, 4.69) is 5.32 Å². The highest BCUT2D eigenvalue weighted by Gasteiger charge is 2.16. The highest BCUT2D eigenvalue weighted by Crippen LogP contribution is 2.29. The maximum atomic E-state index is 12.3. The van der Waals surface area contributed by atoms with Crippen LogP contribution in [0.4, 0.5) is 5.69 Å². The van der Waals surface area contributed by atoms with Crippen LogP contribution in [0.5, 0.6) is 11.5 Å². The van der Waals surface area contributed by atoms with E-state index in [0.717, 1.165) is 24.9 Å². The van der Waals surface area contributed by atoms with E-state index in [1.54, 1.807) is 18.2 Å². The van der Waals surface area contributed by atoms with Gasteiger partial charge in [-0.25, -0.2) is 4.79 Å². The molecule has 1 aliphatic carbocycles. The van der Waals surface area contributed by atoms with Crippen LogP contribution in [0, 0.1) is 0 Å². The lowest BCUT2D eigenvalue weighted by atomic mass is 10.1. The number of fused-ring (bicyclic) bond motifs is 1. The van der Waals surface area contributed by atoms with Crippen molar-refractivity contribution in [2.24, 2.45) is 0 Å². The lowest BCUT2D eigenvalue weighted by Gasteiger charge is -2.14. The average molecular weight is 383 g/mol. The number of ether oxygens (including phenoxy) is 3. The lowest BCUT2D eigenvalue weighted by molar-refractivity contribution is -0.119. The molecule has 0 spiro atoms. The largest absolute Gasteiger partial charge is 0.493 e. The Balaban J connectivity index is 1.56. The number of carbonyl (C=O) groups excluding carboxylic acids is 2. The van der Waals surface area contributed by atoms with Crippen molar-refractivity contribution in [2.75, 3.05) is 19.0 Å². The van der Waals surface area contributed by atoms with Gasteiger partial charge >= 0.3 is 5.97 Å². The first-order chi connectivity index (χ1) is 13.5. The van der Waals surface area contributed by atoms with Gasteiger partial charge in [-0.2, -0.15) is 0 Å². The smallest absolute Gasteiger partial charge is 0.338 e. The highest BCUT2D eigenvalue weighted by atomic mass is 16.5. The third kappa shape index (κ3) is 4.82. The molecule has 2 aromatic rings. The number of hydrogen-bond donors (Lipinski definition) is 1. The molecule has 0 saturated heterocycles. The Morgan fingerprint density at radius 1 is 1.04 bits per heavy atom. The number of aryl methyl sites for hydroxylation is 2. The molecule has 2 aromatic carbocycles. The highest BCUT2D eigenvalue weighted by molar-refractivity contribution is 5.95. The van der Waals surface area contributed by atoms with E-state index in [-0.39, 0.29) is 18.6 Å². The van der Waals surface area contributed by atoms with Crippen LogP contribution in [0.2, 0.25) is 0 Å². The number of rotatable bonds is 7. The van der Waals surface area contributed by atoms with E-state index >= 15 is 0 Å². The van der Waals surface area contributed by atoms with E-state index in [4.69, 9.17) is 14.2 Å². The van der Waals surface area contributed by atoms with Gasteiger partial charge < -0.3 is 19.5 Å². The molecule has 1 N–H and O–H groups in total. The summed E-state index contributed by atoms with van der Waals surface area (Å²) in [6, 6.07) is 10.7. The van der Waals surface area contributed by atoms with Crippen LogP contribution >= 0.6 is 0 Å². The summed E-state index contributed by atoms with van der Waals surface area (Å²) in [7, 11) is 1.50. The van der Waals surface area contributed by atoms with Gasteiger partial charge in [0, 0.05) is 5.69 Å². The standard InChI is InChI=1S/C22H25NO5/c1-14(2)28-19-10-8-17(12-20(19)26-3)22(25)27-13-21(24)23-18-9-7-15-5-4-6-16(15)11-18/h7-12,14H,4-6,13H2,1-3H3,(H,23,24). The molecular formula is C22H25NO5. The molecule has 0 unspecified atom stereocenters. The van der Waals surface area contributed by atoms with Gasteiger partial charge in [0.25, 0.3) is 5.91 Å². The number of amides is 1. The van der Waals surface area contributed by atoms with Gasteiger partial charge in [0.05, 0.1) is 18.8 Å². The zero-order chi connectivity index (χ0) is 20.1. The number of anilines is 1. The van der Waals surface area contributed by atoms with E-state index < -0.39 is 5.97 Å². The van der Waals surface area contributed by atoms with E-state index in [1.165, 1.54) is 18.2 Å². The molecule has 0 radical (unpaired) electrons. The van der Waals surface area contributed by atoms with Crippen molar-refractivity contribution < 1.29 is 23.8 Å². The van der Waals surface area contributed by atoms with Crippen LogP contribution in [0.3, 0.4) is 0 Å². The summed E-state index contributed by atoms with van der Waals surface area (Å²) in [4.78, 5) is 24.4. The molecule has 6 heteroatoms. The van der Waals surface area contributed by atoms with Crippen molar-refractivity contribution in [1.29, 1.82) is 0 Å². The maximum Gasteiger partial charge on any atom is 0.338 e. The fourth-order valence-electron chi connectivity index (χ4n) is 3.21. The molecule has 3 rings (SSSR count). The zero-order valence-electron chi connectivity index (χ0n) is 16.4. The second-order valence-corrected chi connectivity index (χ2v) is 6.99. The Labute approximate surface area is 164 Å². The maximum absolute atomic E-state index is 12.3. The second kappa shape index (κ2) is 8.78. The number of benzene rings is 2. The first kappa shape index (κ1) is 19.7. The monoisotopic (exact) mass is 383 g/mol. The van der Waals surface area contributed by atoms with Gasteiger partial charge in [0.2, 0.25) is 0 Å². The minimum absolute atomic E-state index is 0.0189. The Morgan fingerprint density at radius 2 is 1.82 bits per heavy atom. The van der Waals surface area contributed by atoms with Gasteiger partial charge in [0.15, 0.2) is 18.1 Å². The molecule has 0 aliphatic heterocycles. The predicted octanol–water partition coefficient (Wildman–Crippen LogP) is 3.77. The second-order valence-electron chi connectivity index (χ2n) is 6.99.